The first kappa shape index (κ1) is 20.2. The SMILES string of the molecule is CC1(C)OC2C(OCc3ccccc3)C(C=O)(COCc3ccccc3)O[C@H]2O1. The third-order valence-electron chi connectivity index (χ3n) is 5.11. The molecule has 0 saturated carbocycles. The molecule has 0 amide bonds. The molecule has 6 heteroatoms. The highest BCUT2D eigenvalue weighted by molar-refractivity contribution is 5.65. The lowest BCUT2D eigenvalue weighted by Gasteiger charge is -2.32. The predicted molar refractivity (Wildman–Crippen MR) is 105 cm³/mol. The summed E-state index contributed by atoms with van der Waals surface area (Å²) in [5, 5.41) is 0. The molecule has 4 rings (SSSR count). The molecule has 2 aliphatic rings. The quantitative estimate of drug-likeness (QED) is 0.636. The van der Waals surface area contributed by atoms with Crippen LogP contribution in [0.2, 0.25) is 0 Å². The summed E-state index contributed by atoms with van der Waals surface area (Å²) in [5.41, 5.74) is 0.719. The number of fused-ring (bicyclic) bond motifs is 1. The van der Waals surface area contributed by atoms with E-state index in [0.29, 0.717) is 13.2 Å². The van der Waals surface area contributed by atoms with Crippen molar-refractivity contribution in [1.29, 1.82) is 0 Å². The van der Waals surface area contributed by atoms with E-state index in [1.165, 1.54) is 0 Å². The van der Waals surface area contributed by atoms with Crippen molar-refractivity contribution in [2.24, 2.45) is 0 Å². The van der Waals surface area contributed by atoms with Gasteiger partial charge in [0.1, 0.15) is 12.2 Å². The zero-order chi connectivity index (χ0) is 20.3. The lowest BCUT2D eigenvalue weighted by Crippen LogP contribution is -2.51. The zero-order valence-corrected chi connectivity index (χ0v) is 16.7. The number of aldehydes is 1. The Morgan fingerprint density at radius 2 is 1.52 bits per heavy atom. The molecule has 2 aromatic carbocycles. The minimum Gasteiger partial charge on any atom is -0.373 e. The maximum atomic E-state index is 12.2. The van der Waals surface area contributed by atoms with Crippen molar-refractivity contribution < 1.29 is 28.5 Å². The summed E-state index contributed by atoms with van der Waals surface area (Å²) < 4.78 is 29.9. The van der Waals surface area contributed by atoms with Crippen LogP contribution in [0.4, 0.5) is 0 Å². The number of rotatable bonds is 8. The molecule has 0 N–H and O–H groups in total. The maximum Gasteiger partial charge on any atom is 0.191 e. The lowest BCUT2D eigenvalue weighted by atomic mass is 9.97. The van der Waals surface area contributed by atoms with Gasteiger partial charge in [-0.3, -0.25) is 4.79 Å². The first-order valence-electron chi connectivity index (χ1n) is 9.78. The van der Waals surface area contributed by atoms with Crippen molar-refractivity contribution in [3.63, 3.8) is 0 Å². The Balaban J connectivity index is 1.49. The number of benzene rings is 2. The van der Waals surface area contributed by atoms with Crippen LogP contribution in [-0.2, 0) is 41.7 Å². The molecule has 0 radical (unpaired) electrons. The van der Waals surface area contributed by atoms with Crippen molar-refractivity contribution in [1.82, 2.24) is 0 Å². The monoisotopic (exact) mass is 398 g/mol. The van der Waals surface area contributed by atoms with Gasteiger partial charge in [-0.2, -0.15) is 0 Å². The van der Waals surface area contributed by atoms with Gasteiger partial charge < -0.3 is 23.7 Å². The van der Waals surface area contributed by atoms with E-state index < -0.39 is 29.9 Å². The summed E-state index contributed by atoms with van der Waals surface area (Å²) >= 11 is 0. The second-order valence-electron chi connectivity index (χ2n) is 7.85. The van der Waals surface area contributed by atoms with Crippen LogP contribution in [0.3, 0.4) is 0 Å². The second kappa shape index (κ2) is 8.34. The van der Waals surface area contributed by atoms with E-state index in [4.69, 9.17) is 23.7 Å². The molecular weight excluding hydrogens is 372 g/mol. The van der Waals surface area contributed by atoms with E-state index in [1.54, 1.807) is 0 Å². The molecule has 0 bridgehead atoms. The molecule has 6 nitrogen and oxygen atoms in total. The van der Waals surface area contributed by atoms with Crippen molar-refractivity contribution in [3.05, 3.63) is 71.8 Å². The maximum absolute atomic E-state index is 12.2. The summed E-state index contributed by atoms with van der Waals surface area (Å²) in [6, 6.07) is 19.5. The normalized spacial score (nSPS) is 30.2. The van der Waals surface area contributed by atoms with Gasteiger partial charge in [0, 0.05) is 0 Å². The fourth-order valence-electron chi connectivity index (χ4n) is 3.76. The average Bonchev–Trinajstić information content (AvgIpc) is 3.17. The van der Waals surface area contributed by atoms with E-state index in [9.17, 15) is 4.79 Å². The molecule has 0 aromatic heterocycles. The molecule has 2 heterocycles. The Bertz CT molecular complexity index is 809. The van der Waals surface area contributed by atoms with E-state index in [2.05, 4.69) is 0 Å². The topological polar surface area (TPSA) is 63.2 Å². The number of carbonyl (C=O) groups excluding carboxylic acids is 1. The first-order valence-corrected chi connectivity index (χ1v) is 9.78. The van der Waals surface area contributed by atoms with Gasteiger partial charge in [0.05, 0.1) is 19.8 Å². The predicted octanol–water partition coefficient (Wildman–Crippen LogP) is 3.23. The van der Waals surface area contributed by atoms with Crippen LogP contribution in [0.25, 0.3) is 0 Å². The average molecular weight is 398 g/mol. The van der Waals surface area contributed by atoms with Crippen molar-refractivity contribution >= 4 is 6.29 Å². The highest BCUT2D eigenvalue weighted by Gasteiger charge is 2.63. The van der Waals surface area contributed by atoms with Gasteiger partial charge >= 0.3 is 0 Å². The highest BCUT2D eigenvalue weighted by Crippen LogP contribution is 2.43. The van der Waals surface area contributed by atoms with Crippen molar-refractivity contribution in [3.8, 4) is 0 Å². The van der Waals surface area contributed by atoms with E-state index in [0.717, 1.165) is 17.4 Å². The van der Waals surface area contributed by atoms with E-state index in [1.807, 2.05) is 74.5 Å². The fourth-order valence-corrected chi connectivity index (χ4v) is 3.76. The molecule has 2 fully saturated rings. The third kappa shape index (κ3) is 4.42. The summed E-state index contributed by atoms with van der Waals surface area (Å²) in [7, 11) is 0. The molecule has 4 atom stereocenters. The largest absolute Gasteiger partial charge is 0.373 e. The summed E-state index contributed by atoms with van der Waals surface area (Å²) in [6.07, 6.45) is -1.09. The van der Waals surface area contributed by atoms with Gasteiger partial charge in [0.25, 0.3) is 0 Å². The molecular formula is C23H26O6. The minimum atomic E-state index is -1.30. The first-order chi connectivity index (χ1) is 14.0. The molecule has 3 unspecified atom stereocenters. The molecule has 0 spiro atoms. The van der Waals surface area contributed by atoms with Gasteiger partial charge in [-0.05, 0) is 25.0 Å². The summed E-state index contributed by atoms with van der Waals surface area (Å²) in [5.74, 6) is -0.802. The molecule has 29 heavy (non-hydrogen) atoms. The molecule has 154 valence electrons. The van der Waals surface area contributed by atoms with Gasteiger partial charge in [-0.15, -0.1) is 0 Å². The smallest absolute Gasteiger partial charge is 0.191 e. The standard InChI is InChI=1S/C23H26O6/c1-22(2)27-19-20(26-14-18-11-7-4-8-12-18)23(15-24,29-21(19)28-22)16-25-13-17-9-5-3-6-10-17/h3-12,15,19-21H,13-14,16H2,1-2H3/t19?,20?,21-,23?/m1/s1. The summed E-state index contributed by atoms with van der Waals surface area (Å²) in [6.45, 7) is 4.38. The summed E-state index contributed by atoms with van der Waals surface area (Å²) in [4.78, 5) is 12.2. The zero-order valence-electron chi connectivity index (χ0n) is 16.7. The molecule has 2 aliphatic heterocycles. The fraction of sp³-hybridized carbons (Fsp3) is 0.435. The highest BCUT2D eigenvalue weighted by atomic mass is 16.8. The number of carbonyl (C=O) groups is 1. The Hall–Kier alpha value is -2.09. The molecule has 2 saturated heterocycles. The second-order valence-corrected chi connectivity index (χ2v) is 7.85. The Morgan fingerprint density at radius 1 is 0.897 bits per heavy atom. The Morgan fingerprint density at radius 3 is 2.14 bits per heavy atom. The van der Waals surface area contributed by atoms with Gasteiger partial charge in [-0.1, -0.05) is 60.7 Å². The van der Waals surface area contributed by atoms with E-state index >= 15 is 0 Å². The van der Waals surface area contributed by atoms with E-state index in [-0.39, 0.29) is 6.61 Å². The van der Waals surface area contributed by atoms with Gasteiger partial charge in [0.2, 0.25) is 0 Å². The van der Waals surface area contributed by atoms with Crippen molar-refractivity contribution in [2.75, 3.05) is 6.61 Å². The third-order valence-corrected chi connectivity index (χ3v) is 5.11. The number of ether oxygens (including phenoxy) is 5. The van der Waals surface area contributed by atoms with Crippen molar-refractivity contribution in [2.45, 2.75) is 56.9 Å². The van der Waals surface area contributed by atoms with Crippen LogP contribution in [0, 0.1) is 0 Å². The van der Waals surface area contributed by atoms with Crippen LogP contribution < -0.4 is 0 Å². The van der Waals surface area contributed by atoms with Crippen LogP contribution in [0.1, 0.15) is 25.0 Å². The van der Waals surface area contributed by atoms with Gasteiger partial charge in [-0.25, -0.2) is 0 Å². The number of hydrogen-bond acceptors (Lipinski definition) is 6. The van der Waals surface area contributed by atoms with Crippen LogP contribution in [0.5, 0.6) is 0 Å². The Labute approximate surface area is 170 Å². The van der Waals surface area contributed by atoms with Gasteiger partial charge in [0.15, 0.2) is 24.0 Å². The molecule has 2 aromatic rings. The van der Waals surface area contributed by atoms with Crippen LogP contribution in [-0.4, -0.2) is 42.8 Å². The Kier molecular flexibility index (Phi) is 5.81. The van der Waals surface area contributed by atoms with Crippen LogP contribution in [0.15, 0.2) is 60.7 Å². The molecule has 0 aliphatic carbocycles. The number of hydrogen-bond donors (Lipinski definition) is 0. The minimum absolute atomic E-state index is 0.0466. The lowest BCUT2D eigenvalue weighted by molar-refractivity contribution is -0.246. The van der Waals surface area contributed by atoms with Crippen LogP contribution >= 0.6 is 0 Å².